The zero-order chi connectivity index (χ0) is 15.0. The second kappa shape index (κ2) is 7.75. The van der Waals surface area contributed by atoms with Crippen molar-refractivity contribution in [2.24, 2.45) is 0 Å². The molecule has 3 nitrogen and oxygen atoms in total. The van der Waals surface area contributed by atoms with E-state index in [1.54, 1.807) is 31.2 Å². The summed E-state index contributed by atoms with van der Waals surface area (Å²) in [7, 11) is 0. The number of nitrogens with zero attached hydrogens (tertiary/aromatic N) is 2. The van der Waals surface area contributed by atoms with Gasteiger partial charge in [0.15, 0.2) is 0 Å². The van der Waals surface area contributed by atoms with Gasteiger partial charge in [0.2, 0.25) is 0 Å². The zero-order valence-corrected chi connectivity index (χ0v) is 11.3. The summed E-state index contributed by atoms with van der Waals surface area (Å²) in [4.78, 5) is 1.33. The Labute approximate surface area is 116 Å². The molecule has 1 aromatic carbocycles. The maximum atomic E-state index is 12.2. The van der Waals surface area contributed by atoms with Crippen LogP contribution < -0.4 is 4.74 Å². The third-order valence-electron chi connectivity index (χ3n) is 2.70. The highest BCUT2D eigenvalue weighted by molar-refractivity contribution is 5.36. The van der Waals surface area contributed by atoms with E-state index in [0.717, 1.165) is 0 Å². The molecule has 6 heteroatoms. The summed E-state index contributed by atoms with van der Waals surface area (Å²) < 4.78 is 42.2. The number of alkyl halides is 3. The van der Waals surface area contributed by atoms with Gasteiger partial charge in [-0.3, -0.25) is 4.90 Å². The summed E-state index contributed by atoms with van der Waals surface area (Å²) in [5.41, 5.74) is 0.495. The van der Waals surface area contributed by atoms with Gasteiger partial charge >= 0.3 is 6.18 Å². The van der Waals surface area contributed by atoms with Crippen molar-refractivity contribution in [2.75, 3.05) is 26.2 Å². The normalized spacial score (nSPS) is 11.4. The number of halogens is 3. The Morgan fingerprint density at radius 3 is 2.70 bits per heavy atom. The minimum Gasteiger partial charge on any atom is -0.494 e. The van der Waals surface area contributed by atoms with Crippen LogP contribution in [0.4, 0.5) is 13.2 Å². The van der Waals surface area contributed by atoms with E-state index in [4.69, 9.17) is 10.00 Å². The molecule has 0 radical (unpaired) electrons. The Morgan fingerprint density at radius 2 is 2.10 bits per heavy atom. The van der Waals surface area contributed by atoms with Crippen molar-refractivity contribution >= 4 is 0 Å². The summed E-state index contributed by atoms with van der Waals surface area (Å²) in [5.74, 6) is 0.558. The van der Waals surface area contributed by atoms with Crippen molar-refractivity contribution < 1.29 is 17.9 Å². The predicted molar refractivity (Wildman–Crippen MR) is 69.4 cm³/mol. The fourth-order valence-electron chi connectivity index (χ4n) is 1.74. The third kappa shape index (κ3) is 6.43. The van der Waals surface area contributed by atoms with Crippen LogP contribution in [0.1, 0.15) is 18.9 Å². The van der Waals surface area contributed by atoms with E-state index in [0.29, 0.717) is 37.4 Å². The highest BCUT2D eigenvalue weighted by atomic mass is 19.4. The highest BCUT2D eigenvalue weighted by Gasteiger charge is 2.29. The number of nitriles is 1. The van der Waals surface area contributed by atoms with Crippen LogP contribution in [0.15, 0.2) is 24.3 Å². The molecule has 20 heavy (non-hydrogen) atoms. The molecule has 0 amide bonds. The van der Waals surface area contributed by atoms with Gasteiger partial charge in [-0.2, -0.15) is 18.4 Å². The van der Waals surface area contributed by atoms with Crippen molar-refractivity contribution in [3.05, 3.63) is 29.8 Å². The van der Waals surface area contributed by atoms with Gasteiger partial charge in [-0.05, 0) is 31.2 Å². The van der Waals surface area contributed by atoms with E-state index in [2.05, 4.69) is 0 Å². The van der Waals surface area contributed by atoms with E-state index in [9.17, 15) is 13.2 Å². The molecule has 0 saturated carbocycles. The monoisotopic (exact) mass is 286 g/mol. The standard InChI is InChI=1S/C14H17F3N2O/c1-2-19(11-14(15,16)17)7-4-8-20-13-6-3-5-12(9-13)10-18/h3,5-6,9H,2,4,7-8,11H2,1H3. The molecule has 0 saturated heterocycles. The molecular weight excluding hydrogens is 269 g/mol. The first-order valence-electron chi connectivity index (χ1n) is 6.36. The van der Waals surface area contributed by atoms with Gasteiger partial charge in [0.1, 0.15) is 5.75 Å². The number of ether oxygens (including phenoxy) is 1. The molecule has 110 valence electrons. The Kier molecular flexibility index (Phi) is 6.32. The molecule has 0 fully saturated rings. The molecule has 0 aliphatic heterocycles. The largest absolute Gasteiger partial charge is 0.494 e. The van der Waals surface area contributed by atoms with Crippen molar-refractivity contribution in [1.82, 2.24) is 4.90 Å². The van der Waals surface area contributed by atoms with Crippen LogP contribution in [-0.4, -0.2) is 37.3 Å². The summed E-state index contributed by atoms with van der Waals surface area (Å²) in [6.07, 6.45) is -3.67. The summed E-state index contributed by atoms with van der Waals surface area (Å²) in [5, 5.41) is 8.73. The average Bonchev–Trinajstić information content (AvgIpc) is 2.41. The second-order valence-corrected chi connectivity index (χ2v) is 4.33. The van der Waals surface area contributed by atoms with E-state index >= 15 is 0 Å². The molecule has 0 aliphatic rings. The van der Waals surface area contributed by atoms with Crippen molar-refractivity contribution in [2.45, 2.75) is 19.5 Å². The molecule has 1 aromatic rings. The second-order valence-electron chi connectivity index (χ2n) is 4.33. The van der Waals surface area contributed by atoms with Gasteiger partial charge in [0.05, 0.1) is 24.8 Å². The molecule has 0 aromatic heterocycles. The van der Waals surface area contributed by atoms with E-state index < -0.39 is 12.7 Å². The first kappa shape index (κ1) is 16.3. The van der Waals surface area contributed by atoms with Gasteiger partial charge in [-0.25, -0.2) is 0 Å². The van der Waals surface area contributed by atoms with Gasteiger partial charge in [0, 0.05) is 6.54 Å². The molecular formula is C14H17F3N2O. The lowest BCUT2D eigenvalue weighted by molar-refractivity contribution is -0.145. The van der Waals surface area contributed by atoms with E-state index in [1.807, 2.05) is 6.07 Å². The third-order valence-corrected chi connectivity index (χ3v) is 2.70. The van der Waals surface area contributed by atoms with E-state index in [-0.39, 0.29) is 0 Å². The smallest absolute Gasteiger partial charge is 0.401 e. The maximum Gasteiger partial charge on any atom is 0.401 e. The Balaban J connectivity index is 2.31. The molecule has 0 unspecified atom stereocenters. The molecule has 0 bridgehead atoms. The van der Waals surface area contributed by atoms with Crippen LogP contribution >= 0.6 is 0 Å². The first-order valence-corrected chi connectivity index (χ1v) is 6.36. The Bertz CT molecular complexity index is 454. The van der Waals surface area contributed by atoms with Crippen molar-refractivity contribution in [3.8, 4) is 11.8 Å². The lowest BCUT2D eigenvalue weighted by Crippen LogP contribution is -2.35. The van der Waals surface area contributed by atoms with Crippen LogP contribution in [0.25, 0.3) is 0 Å². The fraction of sp³-hybridized carbons (Fsp3) is 0.500. The fourth-order valence-corrected chi connectivity index (χ4v) is 1.74. The predicted octanol–water partition coefficient (Wildman–Crippen LogP) is 3.21. The quantitative estimate of drug-likeness (QED) is 0.722. The summed E-state index contributed by atoms with van der Waals surface area (Å²) >= 11 is 0. The SMILES string of the molecule is CCN(CCCOc1cccc(C#N)c1)CC(F)(F)F. The van der Waals surface area contributed by atoms with Crippen molar-refractivity contribution in [1.29, 1.82) is 5.26 Å². The van der Waals surface area contributed by atoms with Gasteiger partial charge in [-0.15, -0.1) is 0 Å². The Morgan fingerprint density at radius 1 is 1.35 bits per heavy atom. The molecule has 0 N–H and O–H groups in total. The lowest BCUT2D eigenvalue weighted by atomic mass is 10.2. The van der Waals surface area contributed by atoms with Gasteiger partial charge < -0.3 is 4.74 Å². The lowest BCUT2D eigenvalue weighted by Gasteiger charge is -2.21. The first-order chi connectivity index (χ1) is 9.44. The number of hydrogen-bond acceptors (Lipinski definition) is 3. The molecule has 0 heterocycles. The number of hydrogen-bond donors (Lipinski definition) is 0. The minimum absolute atomic E-state index is 0.323. The van der Waals surface area contributed by atoms with Crippen LogP contribution in [0, 0.1) is 11.3 Å². The van der Waals surface area contributed by atoms with Gasteiger partial charge in [-0.1, -0.05) is 13.0 Å². The van der Waals surface area contributed by atoms with Gasteiger partial charge in [0.25, 0.3) is 0 Å². The average molecular weight is 286 g/mol. The van der Waals surface area contributed by atoms with Crippen LogP contribution in [0.2, 0.25) is 0 Å². The van der Waals surface area contributed by atoms with E-state index in [1.165, 1.54) is 4.90 Å². The number of rotatable bonds is 7. The highest BCUT2D eigenvalue weighted by Crippen LogP contribution is 2.16. The molecule has 0 spiro atoms. The minimum atomic E-state index is -4.17. The number of benzene rings is 1. The zero-order valence-electron chi connectivity index (χ0n) is 11.3. The van der Waals surface area contributed by atoms with Crippen LogP contribution in [0.3, 0.4) is 0 Å². The van der Waals surface area contributed by atoms with Crippen LogP contribution in [0.5, 0.6) is 5.75 Å². The molecule has 1 rings (SSSR count). The Hall–Kier alpha value is -1.74. The molecule has 0 atom stereocenters. The maximum absolute atomic E-state index is 12.2. The topological polar surface area (TPSA) is 36.3 Å². The molecule has 0 aliphatic carbocycles. The van der Waals surface area contributed by atoms with Crippen molar-refractivity contribution in [3.63, 3.8) is 0 Å². The summed E-state index contributed by atoms with van der Waals surface area (Å²) in [6.45, 7) is 1.80. The summed E-state index contributed by atoms with van der Waals surface area (Å²) in [6, 6.07) is 8.68. The van der Waals surface area contributed by atoms with Crippen LogP contribution in [-0.2, 0) is 0 Å².